The molecular formula is C12H23N3O. The number of hydrogen-bond acceptors (Lipinski definition) is 3. The summed E-state index contributed by atoms with van der Waals surface area (Å²) in [6.45, 7) is 6.97. The molecule has 2 saturated heterocycles. The maximum absolute atomic E-state index is 12.4. The number of hydrogen-bond donors (Lipinski definition) is 1. The van der Waals surface area contributed by atoms with Crippen LogP contribution in [-0.4, -0.2) is 61.5 Å². The van der Waals surface area contributed by atoms with Gasteiger partial charge in [0.2, 0.25) is 5.91 Å². The molecule has 0 aliphatic carbocycles. The molecule has 0 aromatic carbocycles. The van der Waals surface area contributed by atoms with Gasteiger partial charge in [0.25, 0.3) is 0 Å². The third kappa shape index (κ3) is 2.55. The predicted molar refractivity (Wildman–Crippen MR) is 64.3 cm³/mol. The average Bonchev–Trinajstić information content (AvgIpc) is 2.29. The Labute approximate surface area is 98.0 Å². The minimum Gasteiger partial charge on any atom is -0.337 e. The summed E-state index contributed by atoms with van der Waals surface area (Å²) in [5, 5.41) is 3.33. The summed E-state index contributed by atoms with van der Waals surface area (Å²) < 4.78 is 0. The van der Waals surface area contributed by atoms with Crippen LogP contribution in [0.3, 0.4) is 0 Å². The minimum atomic E-state index is 0.235. The first-order valence-corrected chi connectivity index (χ1v) is 6.38. The molecule has 1 amide bonds. The number of carbonyl (C=O) groups excluding carboxylic acids is 1. The fraction of sp³-hybridized carbons (Fsp3) is 0.917. The molecule has 2 unspecified atom stereocenters. The SMILES string of the molecule is CC1CNCCN1C(=O)C1CCCN(C)C1. The molecule has 2 aliphatic heterocycles. The third-order valence-electron chi connectivity index (χ3n) is 3.76. The lowest BCUT2D eigenvalue weighted by Gasteiger charge is -2.38. The van der Waals surface area contributed by atoms with Crippen LogP contribution in [0.1, 0.15) is 19.8 Å². The lowest BCUT2D eigenvalue weighted by Crippen LogP contribution is -2.55. The fourth-order valence-electron chi connectivity index (χ4n) is 2.77. The zero-order valence-corrected chi connectivity index (χ0v) is 10.4. The van der Waals surface area contributed by atoms with Crippen molar-refractivity contribution in [3.05, 3.63) is 0 Å². The summed E-state index contributed by atoms with van der Waals surface area (Å²) in [4.78, 5) is 16.7. The van der Waals surface area contributed by atoms with Crippen molar-refractivity contribution < 1.29 is 4.79 Å². The lowest BCUT2D eigenvalue weighted by molar-refractivity contribution is -0.140. The summed E-state index contributed by atoms with van der Waals surface area (Å²) >= 11 is 0. The zero-order chi connectivity index (χ0) is 11.5. The molecule has 4 heteroatoms. The standard InChI is InChI=1S/C12H23N3O/c1-10-8-13-5-7-15(10)12(16)11-4-3-6-14(2)9-11/h10-11,13H,3-9H2,1-2H3. The van der Waals surface area contributed by atoms with Crippen molar-refractivity contribution in [3.63, 3.8) is 0 Å². The van der Waals surface area contributed by atoms with Crippen LogP contribution in [0.25, 0.3) is 0 Å². The largest absolute Gasteiger partial charge is 0.337 e. The summed E-state index contributed by atoms with van der Waals surface area (Å²) in [5.41, 5.74) is 0. The van der Waals surface area contributed by atoms with Gasteiger partial charge in [0.1, 0.15) is 0 Å². The van der Waals surface area contributed by atoms with E-state index in [0.29, 0.717) is 11.9 Å². The van der Waals surface area contributed by atoms with Crippen molar-refractivity contribution in [1.29, 1.82) is 0 Å². The molecule has 0 aromatic rings. The molecule has 0 bridgehead atoms. The van der Waals surface area contributed by atoms with Crippen LogP contribution in [0.4, 0.5) is 0 Å². The zero-order valence-electron chi connectivity index (χ0n) is 10.4. The predicted octanol–water partition coefficient (Wildman–Crippen LogP) is 0.149. The molecule has 4 nitrogen and oxygen atoms in total. The Kier molecular flexibility index (Phi) is 3.82. The Morgan fingerprint density at radius 3 is 2.88 bits per heavy atom. The highest BCUT2D eigenvalue weighted by Gasteiger charge is 2.31. The first-order chi connectivity index (χ1) is 7.68. The molecular weight excluding hydrogens is 202 g/mol. The van der Waals surface area contributed by atoms with Crippen LogP contribution in [0, 0.1) is 5.92 Å². The van der Waals surface area contributed by atoms with Gasteiger partial charge in [-0.25, -0.2) is 0 Å². The fourth-order valence-corrected chi connectivity index (χ4v) is 2.77. The smallest absolute Gasteiger partial charge is 0.227 e. The number of amides is 1. The van der Waals surface area contributed by atoms with Crippen molar-refractivity contribution in [2.45, 2.75) is 25.8 Å². The molecule has 0 aromatic heterocycles. The van der Waals surface area contributed by atoms with E-state index in [1.165, 1.54) is 0 Å². The Morgan fingerprint density at radius 2 is 2.19 bits per heavy atom. The summed E-state index contributed by atoms with van der Waals surface area (Å²) in [7, 11) is 2.11. The Hall–Kier alpha value is -0.610. The Bertz CT molecular complexity index is 257. The van der Waals surface area contributed by atoms with Crippen LogP contribution in [0.2, 0.25) is 0 Å². The van der Waals surface area contributed by atoms with Crippen molar-refractivity contribution in [2.24, 2.45) is 5.92 Å². The first kappa shape index (κ1) is 11.9. The number of nitrogens with zero attached hydrogens (tertiary/aromatic N) is 2. The van der Waals surface area contributed by atoms with E-state index in [2.05, 4.69) is 29.1 Å². The number of piperazine rings is 1. The topological polar surface area (TPSA) is 35.6 Å². The summed E-state index contributed by atoms with van der Waals surface area (Å²) in [6, 6.07) is 0.355. The van der Waals surface area contributed by atoms with E-state index < -0.39 is 0 Å². The van der Waals surface area contributed by atoms with Gasteiger partial charge in [-0.05, 0) is 33.4 Å². The molecule has 0 radical (unpaired) electrons. The Morgan fingerprint density at radius 1 is 1.38 bits per heavy atom. The van der Waals surface area contributed by atoms with Crippen LogP contribution in [0.15, 0.2) is 0 Å². The van der Waals surface area contributed by atoms with E-state index in [-0.39, 0.29) is 5.92 Å². The molecule has 0 saturated carbocycles. The van der Waals surface area contributed by atoms with Gasteiger partial charge in [0, 0.05) is 32.2 Å². The van der Waals surface area contributed by atoms with Crippen LogP contribution < -0.4 is 5.32 Å². The highest BCUT2D eigenvalue weighted by molar-refractivity contribution is 5.79. The molecule has 16 heavy (non-hydrogen) atoms. The van der Waals surface area contributed by atoms with E-state index in [9.17, 15) is 4.79 Å². The van der Waals surface area contributed by atoms with Crippen molar-refractivity contribution >= 4 is 5.91 Å². The van der Waals surface area contributed by atoms with Gasteiger partial charge in [-0.3, -0.25) is 4.79 Å². The maximum Gasteiger partial charge on any atom is 0.227 e. The van der Waals surface area contributed by atoms with E-state index in [1.807, 2.05) is 0 Å². The average molecular weight is 225 g/mol. The number of piperidine rings is 1. The van der Waals surface area contributed by atoms with E-state index in [1.54, 1.807) is 0 Å². The molecule has 2 atom stereocenters. The van der Waals surface area contributed by atoms with Gasteiger partial charge in [-0.15, -0.1) is 0 Å². The number of rotatable bonds is 1. The monoisotopic (exact) mass is 225 g/mol. The first-order valence-electron chi connectivity index (χ1n) is 6.38. The number of carbonyl (C=O) groups is 1. The minimum absolute atomic E-state index is 0.235. The summed E-state index contributed by atoms with van der Waals surface area (Å²) in [6.07, 6.45) is 2.23. The number of nitrogens with one attached hydrogen (secondary N) is 1. The quantitative estimate of drug-likeness (QED) is 0.690. The molecule has 1 N–H and O–H groups in total. The molecule has 92 valence electrons. The van der Waals surface area contributed by atoms with Crippen LogP contribution in [-0.2, 0) is 4.79 Å². The molecule has 2 rings (SSSR count). The van der Waals surface area contributed by atoms with Gasteiger partial charge in [0.15, 0.2) is 0 Å². The summed E-state index contributed by atoms with van der Waals surface area (Å²) in [5.74, 6) is 0.611. The van der Waals surface area contributed by atoms with Gasteiger partial charge in [-0.1, -0.05) is 0 Å². The van der Waals surface area contributed by atoms with E-state index in [0.717, 1.165) is 45.6 Å². The Balaban J connectivity index is 1.94. The number of likely N-dealkylation sites (tertiary alicyclic amines) is 1. The lowest BCUT2D eigenvalue weighted by atomic mass is 9.96. The van der Waals surface area contributed by atoms with Gasteiger partial charge in [0.05, 0.1) is 5.92 Å². The van der Waals surface area contributed by atoms with Gasteiger partial charge in [-0.2, -0.15) is 0 Å². The van der Waals surface area contributed by atoms with Crippen molar-refractivity contribution in [2.75, 3.05) is 39.8 Å². The van der Waals surface area contributed by atoms with E-state index >= 15 is 0 Å². The van der Waals surface area contributed by atoms with Crippen molar-refractivity contribution in [3.8, 4) is 0 Å². The van der Waals surface area contributed by atoms with E-state index in [4.69, 9.17) is 0 Å². The van der Waals surface area contributed by atoms with Gasteiger partial charge >= 0.3 is 0 Å². The molecule has 2 heterocycles. The van der Waals surface area contributed by atoms with Crippen LogP contribution >= 0.6 is 0 Å². The highest BCUT2D eigenvalue weighted by Crippen LogP contribution is 2.19. The highest BCUT2D eigenvalue weighted by atomic mass is 16.2. The third-order valence-corrected chi connectivity index (χ3v) is 3.76. The van der Waals surface area contributed by atoms with Gasteiger partial charge < -0.3 is 15.1 Å². The normalized spacial score (nSPS) is 32.8. The molecule has 2 aliphatic rings. The second-order valence-electron chi connectivity index (χ2n) is 5.19. The van der Waals surface area contributed by atoms with Crippen LogP contribution in [0.5, 0.6) is 0 Å². The maximum atomic E-state index is 12.4. The second-order valence-corrected chi connectivity index (χ2v) is 5.19. The molecule has 0 spiro atoms. The van der Waals surface area contributed by atoms with Crippen molar-refractivity contribution in [1.82, 2.24) is 15.1 Å². The molecule has 2 fully saturated rings. The second kappa shape index (κ2) is 5.15.